The minimum atomic E-state index is 0.655. The Morgan fingerprint density at radius 2 is 0.850 bits per heavy atom. The molecule has 2 unspecified atom stereocenters. The lowest BCUT2D eigenvalue weighted by Crippen LogP contribution is -2.50. The standard InChI is InChI=1S/C15H33N5/c1-2-4-14-15(5-3-1)20-13-11-18-9-7-16-6-8-17-10-12-19-14/h14-20H,1-13H2. The lowest BCUT2D eigenvalue weighted by atomic mass is 10.0. The largest absolute Gasteiger partial charge is 0.314 e. The second-order valence-electron chi connectivity index (χ2n) is 6.01. The first-order chi connectivity index (χ1) is 9.97. The Labute approximate surface area is 124 Å². The minimum Gasteiger partial charge on any atom is -0.314 e. The highest BCUT2D eigenvalue weighted by Gasteiger charge is 2.22. The van der Waals surface area contributed by atoms with Gasteiger partial charge in [0.25, 0.3) is 0 Å². The van der Waals surface area contributed by atoms with Crippen LogP contribution in [0.3, 0.4) is 0 Å². The van der Waals surface area contributed by atoms with Crippen molar-refractivity contribution in [2.75, 3.05) is 52.4 Å². The van der Waals surface area contributed by atoms with Crippen LogP contribution in [0.2, 0.25) is 0 Å². The Morgan fingerprint density at radius 3 is 1.30 bits per heavy atom. The van der Waals surface area contributed by atoms with Crippen molar-refractivity contribution in [3.05, 3.63) is 0 Å². The van der Waals surface area contributed by atoms with E-state index in [0.29, 0.717) is 12.1 Å². The average Bonchev–Trinajstić information content (AvgIpc) is 2.69. The Bertz CT molecular complexity index is 214. The fourth-order valence-corrected chi connectivity index (χ4v) is 3.22. The first kappa shape index (κ1) is 16.2. The molecule has 2 aliphatic rings. The maximum atomic E-state index is 3.77. The van der Waals surface area contributed by atoms with E-state index in [9.17, 15) is 0 Å². The quantitative estimate of drug-likeness (QED) is 0.421. The van der Waals surface area contributed by atoms with Gasteiger partial charge in [-0.1, -0.05) is 19.3 Å². The Hall–Kier alpha value is -0.200. The highest BCUT2D eigenvalue weighted by atomic mass is 15.1. The van der Waals surface area contributed by atoms with E-state index in [4.69, 9.17) is 0 Å². The molecular formula is C15H33N5. The molecule has 0 aromatic heterocycles. The topological polar surface area (TPSA) is 60.1 Å². The van der Waals surface area contributed by atoms with Crippen LogP contribution in [0, 0.1) is 0 Å². The highest BCUT2D eigenvalue weighted by molar-refractivity contribution is 4.85. The van der Waals surface area contributed by atoms with Gasteiger partial charge in [-0.15, -0.1) is 0 Å². The third kappa shape index (κ3) is 6.50. The molecule has 1 saturated heterocycles. The smallest absolute Gasteiger partial charge is 0.0221 e. The highest BCUT2D eigenvalue weighted by Crippen LogP contribution is 2.18. The summed E-state index contributed by atoms with van der Waals surface area (Å²) in [5, 5.41) is 18.0. The van der Waals surface area contributed by atoms with E-state index in [-0.39, 0.29) is 0 Å². The predicted molar refractivity (Wildman–Crippen MR) is 85.3 cm³/mol. The molecule has 2 fully saturated rings. The van der Waals surface area contributed by atoms with Crippen LogP contribution in [0.1, 0.15) is 32.1 Å². The maximum Gasteiger partial charge on any atom is 0.0221 e. The summed E-state index contributed by atoms with van der Waals surface area (Å²) >= 11 is 0. The molecule has 20 heavy (non-hydrogen) atoms. The van der Waals surface area contributed by atoms with Crippen molar-refractivity contribution < 1.29 is 0 Å². The Balaban J connectivity index is 1.78. The minimum absolute atomic E-state index is 0.655. The molecule has 2 atom stereocenters. The van der Waals surface area contributed by atoms with Crippen molar-refractivity contribution in [2.24, 2.45) is 0 Å². The van der Waals surface area contributed by atoms with Gasteiger partial charge < -0.3 is 26.6 Å². The van der Waals surface area contributed by atoms with Crippen LogP contribution in [0.25, 0.3) is 0 Å². The first-order valence-electron chi connectivity index (χ1n) is 8.56. The monoisotopic (exact) mass is 283 g/mol. The van der Waals surface area contributed by atoms with E-state index in [1.807, 2.05) is 0 Å². The molecule has 118 valence electrons. The number of rotatable bonds is 0. The number of hydrogen-bond acceptors (Lipinski definition) is 5. The molecule has 0 spiro atoms. The molecule has 0 aromatic rings. The SMILES string of the molecule is C1CCC2NCCNCCNCCNCCNC2CC1. The third-order valence-electron chi connectivity index (χ3n) is 4.39. The summed E-state index contributed by atoms with van der Waals surface area (Å²) in [6, 6.07) is 1.31. The number of hydrogen-bond donors (Lipinski definition) is 5. The van der Waals surface area contributed by atoms with Gasteiger partial charge in [-0.25, -0.2) is 0 Å². The molecule has 5 nitrogen and oxygen atoms in total. The van der Waals surface area contributed by atoms with Crippen LogP contribution in [0.4, 0.5) is 0 Å². The second kappa shape index (κ2) is 10.5. The zero-order valence-electron chi connectivity index (χ0n) is 12.8. The summed E-state index contributed by atoms with van der Waals surface area (Å²) in [6.45, 7) is 8.56. The first-order valence-corrected chi connectivity index (χ1v) is 8.56. The molecular weight excluding hydrogens is 250 g/mol. The summed E-state index contributed by atoms with van der Waals surface area (Å²) in [7, 11) is 0. The molecule has 0 bridgehead atoms. The van der Waals surface area contributed by atoms with Gasteiger partial charge in [0.1, 0.15) is 0 Å². The molecule has 0 amide bonds. The molecule has 0 aromatic carbocycles. The molecule has 0 radical (unpaired) electrons. The van der Waals surface area contributed by atoms with Gasteiger partial charge in [0.15, 0.2) is 0 Å². The molecule has 1 aliphatic carbocycles. The van der Waals surface area contributed by atoms with Crippen LogP contribution in [0.15, 0.2) is 0 Å². The molecule has 1 saturated carbocycles. The van der Waals surface area contributed by atoms with E-state index in [1.54, 1.807) is 0 Å². The zero-order chi connectivity index (χ0) is 13.9. The van der Waals surface area contributed by atoms with E-state index >= 15 is 0 Å². The Kier molecular flexibility index (Phi) is 8.50. The van der Waals surface area contributed by atoms with Gasteiger partial charge in [0.2, 0.25) is 0 Å². The molecule has 1 aliphatic heterocycles. The van der Waals surface area contributed by atoms with Gasteiger partial charge >= 0.3 is 0 Å². The number of fused-ring (bicyclic) bond motifs is 1. The lowest BCUT2D eigenvalue weighted by Gasteiger charge is -2.27. The summed E-state index contributed by atoms with van der Waals surface area (Å²) in [5.74, 6) is 0. The van der Waals surface area contributed by atoms with Gasteiger partial charge in [-0.05, 0) is 12.8 Å². The summed E-state index contributed by atoms with van der Waals surface area (Å²) in [5.41, 5.74) is 0. The van der Waals surface area contributed by atoms with Crippen LogP contribution in [-0.2, 0) is 0 Å². The van der Waals surface area contributed by atoms with Crippen molar-refractivity contribution in [1.82, 2.24) is 26.6 Å². The maximum absolute atomic E-state index is 3.77. The molecule has 5 heteroatoms. The predicted octanol–water partition coefficient (Wildman–Crippen LogP) is -0.351. The Morgan fingerprint density at radius 1 is 0.450 bits per heavy atom. The van der Waals surface area contributed by atoms with Gasteiger partial charge in [0, 0.05) is 64.4 Å². The van der Waals surface area contributed by atoms with Crippen molar-refractivity contribution in [3.8, 4) is 0 Å². The van der Waals surface area contributed by atoms with Crippen LogP contribution in [-0.4, -0.2) is 64.4 Å². The van der Waals surface area contributed by atoms with Crippen LogP contribution in [0.5, 0.6) is 0 Å². The van der Waals surface area contributed by atoms with E-state index in [1.165, 1.54) is 32.1 Å². The van der Waals surface area contributed by atoms with Crippen molar-refractivity contribution in [2.45, 2.75) is 44.2 Å². The lowest BCUT2D eigenvalue weighted by molar-refractivity contribution is 0.351. The van der Waals surface area contributed by atoms with Crippen molar-refractivity contribution in [3.63, 3.8) is 0 Å². The molecule has 5 N–H and O–H groups in total. The normalized spacial score (nSPS) is 32.4. The van der Waals surface area contributed by atoms with Gasteiger partial charge in [-0.3, -0.25) is 0 Å². The summed E-state index contributed by atoms with van der Waals surface area (Å²) in [4.78, 5) is 0. The zero-order valence-corrected chi connectivity index (χ0v) is 12.8. The van der Waals surface area contributed by atoms with Gasteiger partial charge in [-0.2, -0.15) is 0 Å². The molecule has 2 rings (SSSR count). The van der Waals surface area contributed by atoms with E-state index in [2.05, 4.69) is 26.6 Å². The van der Waals surface area contributed by atoms with Crippen molar-refractivity contribution >= 4 is 0 Å². The van der Waals surface area contributed by atoms with E-state index in [0.717, 1.165) is 52.4 Å². The van der Waals surface area contributed by atoms with E-state index < -0.39 is 0 Å². The van der Waals surface area contributed by atoms with Crippen LogP contribution >= 0.6 is 0 Å². The second-order valence-corrected chi connectivity index (χ2v) is 6.01. The number of nitrogens with one attached hydrogen (secondary N) is 5. The summed E-state index contributed by atoms with van der Waals surface area (Å²) < 4.78 is 0. The third-order valence-corrected chi connectivity index (χ3v) is 4.39. The van der Waals surface area contributed by atoms with Crippen molar-refractivity contribution in [1.29, 1.82) is 0 Å². The average molecular weight is 283 g/mol. The fourth-order valence-electron chi connectivity index (χ4n) is 3.22. The van der Waals surface area contributed by atoms with Gasteiger partial charge in [0.05, 0.1) is 0 Å². The summed E-state index contributed by atoms with van der Waals surface area (Å²) in [6.07, 6.45) is 6.81. The fraction of sp³-hybridized carbons (Fsp3) is 1.00. The molecule has 1 heterocycles. The van der Waals surface area contributed by atoms with Crippen LogP contribution < -0.4 is 26.6 Å².